The molecule has 2 amide bonds. The van der Waals surface area contributed by atoms with Gasteiger partial charge in [0.15, 0.2) is 0 Å². The van der Waals surface area contributed by atoms with E-state index < -0.39 is 16.7 Å². The molecule has 0 aromatic heterocycles. The number of hydrogen-bond acceptors (Lipinski definition) is 8. The van der Waals surface area contributed by atoms with Crippen LogP contribution in [0, 0.1) is 10.1 Å². The molecule has 0 saturated heterocycles. The number of nitrogens with one attached hydrogen (secondary N) is 2. The first-order chi connectivity index (χ1) is 14.8. The molecule has 0 aliphatic rings. The van der Waals surface area contributed by atoms with E-state index in [1.165, 1.54) is 52.5 Å². The number of hydrazone groups is 1. The molecular weight excluding hydrogens is 408 g/mol. The van der Waals surface area contributed by atoms with Gasteiger partial charge in [0, 0.05) is 11.8 Å². The first-order valence-corrected chi connectivity index (χ1v) is 8.96. The molecule has 0 radical (unpaired) electrons. The van der Waals surface area contributed by atoms with E-state index in [1.54, 1.807) is 12.1 Å². The van der Waals surface area contributed by atoms with E-state index in [0.717, 1.165) is 0 Å². The van der Waals surface area contributed by atoms with Crippen LogP contribution in [0.2, 0.25) is 0 Å². The molecule has 0 aliphatic heterocycles. The van der Waals surface area contributed by atoms with E-state index in [0.29, 0.717) is 17.2 Å². The smallest absolute Gasteiger partial charge is 0.296 e. The second kappa shape index (κ2) is 10.6. The normalized spacial score (nSPS) is 10.8. The van der Waals surface area contributed by atoms with Gasteiger partial charge < -0.3 is 19.5 Å². The van der Waals surface area contributed by atoms with Gasteiger partial charge in [-0.05, 0) is 31.2 Å². The van der Waals surface area contributed by atoms with Crippen molar-refractivity contribution in [3.05, 3.63) is 52.1 Å². The lowest BCUT2D eigenvalue weighted by molar-refractivity contribution is -0.384. The fourth-order valence-electron chi connectivity index (χ4n) is 2.55. The predicted octanol–water partition coefficient (Wildman–Crippen LogP) is 2.76. The van der Waals surface area contributed by atoms with Gasteiger partial charge in [-0.1, -0.05) is 0 Å². The molecule has 0 bridgehead atoms. The van der Waals surface area contributed by atoms with E-state index in [2.05, 4.69) is 15.8 Å². The van der Waals surface area contributed by atoms with Crippen molar-refractivity contribution in [3.8, 4) is 17.2 Å². The van der Waals surface area contributed by atoms with Crippen molar-refractivity contribution >= 4 is 28.9 Å². The van der Waals surface area contributed by atoms with Gasteiger partial charge in [0.2, 0.25) is 5.91 Å². The molecule has 0 fully saturated rings. The van der Waals surface area contributed by atoms with Crippen LogP contribution in [0.3, 0.4) is 0 Å². The van der Waals surface area contributed by atoms with Gasteiger partial charge >= 0.3 is 0 Å². The summed E-state index contributed by atoms with van der Waals surface area (Å²) in [5.41, 5.74) is 2.59. The van der Waals surface area contributed by atoms with Crippen LogP contribution in [0.15, 0.2) is 41.5 Å². The Hall–Kier alpha value is -4.15. The summed E-state index contributed by atoms with van der Waals surface area (Å²) in [6.45, 7) is 1.54. The van der Waals surface area contributed by atoms with Crippen LogP contribution < -0.4 is 25.0 Å². The van der Waals surface area contributed by atoms with Gasteiger partial charge in [0.25, 0.3) is 11.6 Å². The van der Waals surface area contributed by atoms with Crippen molar-refractivity contribution in [2.75, 3.05) is 26.6 Å². The zero-order valence-corrected chi connectivity index (χ0v) is 17.4. The molecule has 2 aromatic rings. The number of nitro benzene ring substituents is 1. The lowest BCUT2D eigenvalue weighted by atomic mass is 10.2. The second-order valence-electron chi connectivity index (χ2n) is 6.22. The SMILES string of the molecule is COc1ccc(C(=O)N/N=C(\C)CC(=O)Nc2ccc(OC)cc2[N+](=O)[O-])c(OC)c1. The molecule has 0 saturated carbocycles. The Bertz CT molecular complexity index is 1020. The van der Waals surface area contributed by atoms with Crippen molar-refractivity contribution in [1.82, 2.24) is 5.43 Å². The van der Waals surface area contributed by atoms with Crippen molar-refractivity contribution in [1.29, 1.82) is 0 Å². The van der Waals surface area contributed by atoms with Crippen LogP contribution in [0.25, 0.3) is 0 Å². The third kappa shape index (κ3) is 6.16. The Kier molecular flexibility index (Phi) is 7.89. The minimum atomic E-state index is -0.623. The van der Waals surface area contributed by atoms with Crippen molar-refractivity contribution in [3.63, 3.8) is 0 Å². The molecule has 0 heterocycles. The number of nitrogens with zero attached hydrogens (tertiary/aromatic N) is 2. The van der Waals surface area contributed by atoms with Crippen molar-refractivity contribution in [2.45, 2.75) is 13.3 Å². The average molecular weight is 430 g/mol. The number of benzene rings is 2. The van der Waals surface area contributed by atoms with Crippen LogP contribution in [0.5, 0.6) is 17.2 Å². The highest BCUT2D eigenvalue weighted by molar-refractivity contribution is 6.07. The number of nitro groups is 1. The van der Waals surface area contributed by atoms with Gasteiger partial charge in [-0.3, -0.25) is 19.7 Å². The minimum absolute atomic E-state index is 0.0237. The number of amides is 2. The summed E-state index contributed by atoms with van der Waals surface area (Å²) in [6.07, 6.45) is -0.191. The third-order valence-electron chi connectivity index (χ3n) is 4.09. The molecule has 0 unspecified atom stereocenters. The number of hydrogen-bond donors (Lipinski definition) is 2. The van der Waals surface area contributed by atoms with Crippen LogP contribution in [-0.4, -0.2) is 43.8 Å². The van der Waals surface area contributed by atoms with Crippen LogP contribution in [0.4, 0.5) is 11.4 Å². The number of methoxy groups -OCH3 is 3. The fourth-order valence-corrected chi connectivity index (χ4v) is 2.55. The second-order valence-corrected chi connectivity index (χ2v) is 6.22. The third-order valence-corrected chi connectivity index (χ3v) is 4.09. The van der Waals surface area contributed by atoms with Gasteiger partial charge in [-0.25, -0.2) is 5.43 Å². The number of carbonyl (C=O) groups is 2. The zero-order chi connectivity index (χ0) is 23.0. The van der Waals surface area contributed by atoms with Crippen molar-refractivity contribution < 1.29 is 28.7 Å². The Morgan fingerprint density at radius 1 is 1.03 bits per heavy atom. The largest absolute Gasteiger partial charge is 0.497 e. The average Bonchev–Trinajstić information content (AvgIpc) is 2.76. The maximum atomic E-state index is 12.4. The molecule has 11 heteroatoms. The first-order valence-electron chi connectivity index (χ1n) is 8.96. The number of ether oxygens (including phenoxy) is 3. The predicted molar refractivity (Wildman–Crippen MR) is 113 cm³/mol. The number of carbonyl (C=O) groups excluding carboxylic acids is 2. The Morgan fingerprint density at radius 3 is 2.29 bits per heavy atom. The van der Waals surface area contributed by atoms with E-state index >= 15 is 0 Å². The van der Waals surface area contributed by atoms with Crippen LogP contribution >= 0.6 is 0 Å². The van der Waals surface area contributed by atoms with E-state index in [-0.39, 0.29) is 29.1 Å². The van der Waals surface area contributed by atoms with E-state index in [1.807, 2.05) is 0 Å². The molecule has 0 atom stereocenters. The highest BCUT2D eigenvalue weighted by Crippen LogP contribution is 2.29. The molecular formula is C20H22N4O7. The highest BCUT2D eigenvalue weighted by atomic mass is 16.6. The van der Waals surface area contributed by atoms with Gasteiger partial charge in [0.1, 0.15) is 22.9 Å². The molecule has 0 spiro atoms. The summed E-state index contributed by atoms with van der Waals surface area (Å²) in [4.78, 5) is 35.2. The summed E-state index contributed by atoms with van der Waals surface area (Å²) in [6, 6.07) is 8.75. The summed E-state index contributed by atoms with van der Waals surface area (Å²) in [5.74, 6) is 0.0431. The fraction of sp³-hybridized carbons (Fsp3) is 0.250. The molecule has 2 N–H and O–H groups in total. The minimum Gasteiger partial charge on any atom is -0.497 e. The van der Waals surface area contributed by atoms with Crippen molar-refractivity contribution in [2.24, 2.45) is 5.10 Å². The quantitative estimate of drug-likeness (QED) is 0.354. The maximum Gasteiger partial charge on any atom is 0.296 e. The molecule has 2 aromatic carbocycles. The summed E-state index contributed by atoms with van der Waals surface area (Å²) < 4.78 is 15.2. The van der Waals surface area contributed by atoms with E-state index in [9.17, 15) is 19.7 Å². The number of anilines is 1. The number of rotatable bonds is 9. The molecule has 0 aliphatic carbocycles. The monoisotopic (exact) mass is 430 g/mol. The molecule has 11 nitrogen and oxygen atoms in total. The van der Waals surface area contributed by atoms with E-state index in [4.69, 9.17) is 14.2 Å². The summed E-state index contributed by atoms with van der Waals surface area (Å²) >= 11 is 0. The van der Waals surface area contributed by atoms with Crippen LogP contribution in [-0.2, 0) is 4.79 Å². The molecule has 164 valence electrons. The summed E-state index contributed by atoms with van der Waals surface area (Å²) in [5, 5.41) is 17.6. The standard InChI is InChI=1S/C20H22N4O7/c1-12(22-23-20(26)15-7-5-14(30-3)11-18(15)31-4)9-19(25)21-16-8-6-13(29-2)10-17(16)24(27)28/h5-8,10-11H,9H2,1-4H3,(H,21,25)(H,23,26)/b22-12+. The topological polar surface area (TPSA) is 141 Å². The Balaban J connectivity index is 2.04. The van der Waals surface area contributed by atoms with Gasteiger partial charge in [-0.2, -0.15) is 5.10 Å². The summed E-state index contributed by atoms with van der Waals surface area (Å²) in [7, 11) is 4.30. The Morgan fingerprint density at radius 2 is 1.68 bits per heavy atom. The van der Waals surface area contributed by atoms with Gasteiger partial charge in [0.05, 0.1) is 44.3 Å². The maximum absolute atomic E-state index is 12.4. The lowest BCUT2D eigenvalue weighted by Gasteiger charge is -2.10. The Labute approximate surface area is 178 Å². The highest BCUT2D eigenvalue weighted by Gasteiger charge is 2.18. The lowest BCUT2D eigenvalue weighted by Crippen LogP contribution is -2.22. The molecule has 31 heavy (non-hydrogen) atoms. The molecule has 2 rings (SSSR count). The van der Waals surface area contributed by atoms with Crippen LogP contribution in [0.1, 0.15) is 23.7 Å². The first kappa shape index (κ1) is 23.1. The van der Waals surface area contributed by atoms with Gasteiger partial charge in [-0.15, -0.1) is 0 Å². The zero-order valence-electron chi connectivity index (χ0n) is 17.4.